The molecule has 1 unspecified atom stereocenters. The molecule has 0 amide bonds. The van der Waals surface area contributed by atoms with Crippen LogP contribution in [0.3, 0.4) is 0 Å². The monoisotopic (exact) mass is 425 g/mol. The molecule has 2 aromatic rings. The molecule has 0 aliphatic carbocycles. The molecule has 0 spiro atoms. The third-order valence-electron chi connectivity index (χ3n) is 6.52. The van der Waals surface area contributed by atoms with Crippen molar-refractivity contribution in [3.8, 4) is 0 Å². The smallest absolute Gasteiger partial charge is 0.291 e. The molecule has 0 N–H and O–H groups in total. The van der Waals surface area contributed by atoms with Gasteiger partial charge < -0.3 is 8.68 Å². The first-order chi connectivity index (χ1) is 13.5. The van der Waals surface area contributed by atoms with E-state index < -0.39 is 16.8 Å². The molecule has 0 radical (unpaired) electrons. The van der Waals surface area contributed by atoms with Gasteiger partial charge in [0.15, 0.2) is 8.32 Å². The number of benzene rings is 2. The molecule has 0 fully saturated rings. The second-order valence-electron chi connectivity index (χ2n) is 9.44. The standard InChI is InChI=1S/C25H39NOSi2/c1-10-26(11-2)29(9,27-28(7,8)25(4,5)6)24-19-17-23(18-20-24)21(3)22-15-13-12-14-16-22/h12-20H,3,10-11H2,1-2,4-9H3. The fraction of sp³-hybridized carbons (Fsp3) is 0.440. The Bertz CT molecular complexity index is 805. The largest absolute Gasteiger partial charge is 0.441 e. The van der Waals surface area contributed by atoms with Crippen LogP contribution in [0.5, 0.6) is 0 Å². The molecule has 0 aromatic heterocycles. The number of hydrogen-bond donors (Lipinski definition) is 0. The first kappa shape index (κ1) is 23.8. The van der Waals surface area contributed by atoms with Crippen LogP contribution >= 0.6 is 0 Å². The van der Waals surface area contributed by atoms with Gasteiger partial charge in [0.1, 0.15) is 0 Å². The fourth-order valence-electron chi connectivity index (χ4n) is 3.57. The molecule has 158 valence electrons. The normalized spacial score (nSPS) is 14.7. The van der Waals surface area contributed by atoms with Crippen LogP contribution in [-0.4, -0.2) is 34.5 Å². The van der Waals surface area contributed by atoms with Crippen molar-refractivity contribution in [2.75, 3.05) is 13.1 Å². The molecule has 0 bridgehead atoms. The maximum atomic E-state index is 7.19. The molecular formula is C25H39NOSi2. The van der Waals surface area contributed by atoms with Gasteiger partial charge in [0.2, 0.25) is 0 Å². The van der Waals surface area contributed by atoms with Gasteiger partial charge in [0.25, 0.3) is 8.48 Å². The molecule has 0 aliphatic heterocycles. The summed E-state index contributed by atoms with van der Waals surface area (Å²) in [6.45, 7) is 24.9. The van der Waals surface area contributed by atoms with Crippen LogP contribution in [0, 0.1) is 0 Å². The van der Waals surface area contributed by atoms with E-state index in [0.717, 1.165) is 18.7 Å². The van der Waals surface area contributed by atoms with Crippen LogP contribution in [-0.2, 0) is 4.12 Å². The van der Waals surface area contributed by atoms with Crippen LogP contribution in [0.4, 0.5) is 0 Å². The lowest BCUT2D eigenvalue weighted by Crippen LogP contribution is -2.67. The zero-order chi connectivity index (χ0) is 21.9. The van der Waals surface area contributed by atoms with Crippen molar-refractivity contribution < 1.29 is 4.12 Å². The molecule has 0 saturated carbocycles. The predicted octanol–water partition coefficient (Wildman–Crippen LogP) is 6.39. The van der Waals surface area contributed by atoms with Crippen LogP contribution in [0.1, 0.15) is 45.7 Å². The van der Waals surface area contributed by atoms with E-state index in [2.05, 4.69) is 114 Å². The number of hydrogen-bond acceptors (Lipinski definition) is 2. The zero-order valence-electron chi connectivity index (χ0n) is 19.7. The van der Waals surface area contributed by atoms with Crippen molar-refractivity contribution in [1.82, 2.24) is 4.57 Å². The van der Waals surface area contributed by atoms with E-state index in [4.69, 9.17) is 4.12 Å². The minimum Gasteiger partial charge on any atom is -0.441 e. The average molecular weight is 426 g/mol. The van der Waals surface area contributed by atoms with Gasteiger partial charge in [0.05, 0.1) is 0 Å². The Hall–Kier alpha value is -1.47. The maximum Gasteiger partial charge on any atom is 0.291 e. The highest BCUT2D eigenvalue weighted by atomic mass is 28.4. The molecular weight excluding hydrogens is 386 g/mol. The highest BCUT2D eigenvalue weighted by Crippen LogP contribution is 2.39. The molecule has 0 heterocycles. The third-order valence-corrected chi connectivity index (χ3v) is 17.0. The van der Waals surface area contributed by atoms with Crippen molar-refractivity contribution in [1.29, 1.82) is 0 Å². The average Bonchev–Trinajstić information content (AvgIpc) is 2.68. The number of nitrogens with zero attached hydrogens (tertiary/aromatic N) is 1. The van der Waals surface area contributed by atoms with Gasteiger partial charge >= 0.3 is 0 Å². The molecule has 2 rings (SSSR count). The third kappa shape index (κ3) is 5.18. The van der Waals surface area contributed by atoms with Gasteiger partial charge in [-0.1, -0.05) is 95.8 Å². The summed E-state index contributed by atoms with van der Waals surface area (Å²) in [5.74, 6) is 0. The summed E-state index contributed by atoms with van der Waals surface area (Å²) in [6, 6.07) is 19.4. The summed E-state index contributed by atoms with van der Waals surface area (Å²) in [7, 11) is -4.18. The summed E-state index contributed by atoms with van der Waals surface area (Å²) in [5.41, 5.74) is 3.40. The SMILES string of the molecule is C=C(c1ccccc1)c1ccc([Si](C)(O[Si](C)(C)C(C)(C)C)N(CC)CC)cc1. The summed E-state index contributed by atoms with van der Waals surface area (Å²) < 4.78 is 9.75. The Kier molecular flexibility index (Phi) is 7.49. The Morgan fingerprint density at radius 2 is 1.34 bits per heavy atom. The molecule has 29 heavy (non-hydrogen) atoms. The second-order valence-corrected chi connectivity index (χ2v) is 18.0. The summed E-state index contributed by atoms with van der Waals surface area (Å²) in [4.78, 5) is 0. The first-order valence-electron chi connectivity index (χ1n) is 10.8. The van der Waals surface area contributed by atoms with Gasteiger partial charge in [-0.3, -0.25) is 0 Å². The minimum atomic E-state index is -2.27. The lowest BCUT2D eigenvalue weighted by Gasteiger charge is -2.47. The predicted molar refractivity (Wildman–Crippen MR) is 133 cm³/mol. The Morgan fingerprint density at radius 1 is 0.862 bits per heavy atom. The van der Waals surface area contributed by atoms with Gasteiger partial charge in [-0.2, -0.15) is 0 Å². The Morgan fingerprint density at radius 3 is 1.79 bits per heavy atom. The Labute approximate surface area is 181 Å². The zero-order valence-corrected chi connectivity index (χ0v) is 21.7. The Balaban J connectivity index is 2.43. The molecule has 1 atom stereocenters. The van der Waals surface area contributed by atoms with Crippen molar-refractivity contribution in [2.24, 2.45) is 0 Å². The van der Waals surface area contributed by atoms with Crippen LogP contribution in [0.25, 0.3) is 5.57 Å². The topological polar surface area (TPSA) is 12.5 Å². The van der Waals surface area contributed by atoms with E-state index in [0.29, 0.717) is 0 Å². The lowest BCUT2D eigenvalue weighted by atomic mass is 10.00. The van der Waals surface area contributed by atoms with Gasteiger partial charge in [0, 0.05) is 0 Å². The van der Waals surface area contributed by atoms with Crippen molar-refractivity contribution in [2.45, 2.75) is 59.3 Å². The fourth-order valence-corrected chi connectivity index (χ4v) is 12.1. The van der Waals surface area contributed by atoms with E-state index in [1.54, 1.807) is 0 Å². The van der Waals surface area contributed by atoms with E-state index in [1.165, 1.54) is 16.3 Å². The first-order valence-corrected chi connectivity index (χ1v) is 16.0. The van der Waals surface area contributed by atoms with E-state index in [9.17, 15) is 0 Å². The van der Waals surface area contributed by atoms with Crippen molar-refractivity contribution in [3.63, 3.8) is 0 Å². The summed E-state index contributed by atoms with van der Waals surface area (Å²) >= 11 is 0. The molecule has 0 aliphatic rings. The summed E-state index contributed by atoms with van der Waals surface area (Å²) in [5, 5.41) is 1.53. The molecule has 4 heteroatoms. The summed E-state index contributed by atoms with van der Waals surface area (Å²) in [6.07, 6.45) is 0. The maximum absolute atomic E-state index is 7.19. The van der Waals surface area contributed by atoms with E-state index in [1.807, 2.05) is 6.07 Å². The van der Waals surface area contributed by atoms with Crippen molar-refractivity contribution >= 4 is 27.6 Å². The van der Waals surface area contributed by atoms with Crippen molar-refractivity contribution in [3.05, 3.63) is 72.3 Å². The van der Waals surface area contributed by atoms with Crippen LogP contribution < -0.4 is 5.19 Å². The van der Waals surface area contributed by atoms with Crippen LogP contribution in [0.15, 0.2) is 61.2 Å². The van der Waals surface area contributed by atoms with Gasteiger partial charge in [-0.25, -0.2) is 0 Å². The van der Waals surface area contributed by atoms with Gasteiger partial charge in [-0.15, -0.1) is 0 Å². The van der Waals surface area contributed by atoms with Crippen LogP contribution in [0.2, 0.25) is 24.7 Å². The molecule has 2 nitrogen and oxygen atoms in total. The van der Waals surface area contributed by atoms with E-state index in [-0.39, 0.29) is 5.04 Å². The highest BCUT2D eigenvalue weighted by molar-refractivity contribution is 6.92. The van der Waals surface area contributed by atoms with E-state index >= 15 is 0 Å². The quantitative estimate of drug-likeness (QED) is 0.454. The number of rotatable bonds is 8. The molecule has 0 saturated heterocycles. The second kappa shape index (κ2) is 9.13. The lowest BCUT2D eigenvalue weighted by molar-refractivity contribution is 0.367. The highest BCUT2D eigenvalue weighted by Gasteiger charge is 2.47. The minimum absolute atomic E-state index is 0.190. The molecule has 2 aromatic carbocycles. The van der Waals surface area contributed by atoms with Gasteiger partial charge in [-0.05, 0) is 59.7 Å².